The Labute approximate surface area is 95.7 Å². The molecule has 0 aromatic carbocycles. The van der Waals surface area contributed by atoms with Gasteiger partial charge in [0.1, 0.15) is 0 Å². The van der Waals surface area contributed by atoms with Crippen LogP contribution in [0.2, 0.25) is 0 Å². The molecular weight excluding hydrogens is 277 g/mol. The Morgan fingerprint density at radius 3 is 1.69 bits per heavy atom. The maximum atomic E-state index is 4.92. The Kier molecular flexibility index (Phi) is 13.3. The number of rotatable bonds is 10. The monoisotopic (exact) mass is 299 g/mol. The summed E-state index contributed by atoms with van der Waals surface area (Å²) in [6, 6.07) is 0. The first-order valence-electron chi connectivity index (χ1n) is 5.29. The van der Waals surface area contributed by atoms with Gasteiger partial charge in [0.05, 0.1) is 6.61 Å². The first-order chi connectivity index (χ1) is 6.41. The first kappa shape index (κ1) is 13.7. The molecule has 0 spiro atoms. The van der Waals surface area contributed by atoms with E-state index in [2.05, 4.69) is 27.4 Å². The molecule has 0 atom stereocenters. The van der Waals surface area contributed by atoms with Crippen molar-refractivity contribution in [3.05, 3.63) is 0 Å². The molecule has 0 fully saturated rings. The minimum atomic E-state index is 0.717. The Morgan fingerprint density at radius 2 is 1.23 bits per heavy atom. The number of nitrogens with two attached hydrogens (primary N) is 1. The smallest absolute Gasteiger partial charge is 0.0679 e. The third kappa shape index (κ3) is 12.6. The van der Waals surface area contributed by atoms with Crippen LogP contribution in [0.4, 0.5) is 0 Å². The molecule has 0 bridgehead atoms. The fourth-order valence-corrected chi connectivity index (χ4v) is 1.88. The van der Waals surface area contributed by atoms with E-state index in [-0.39, 0.29) is 0 Å². The predicted molar refractivity (Wildman–Crippen MR) is 66.0 cm³/mol. The normalized spacial score (nSPS) is 10.6. The van der Waals surface area contributed by atoms with Gasteiger partial charge in [0.15, 0.2) is 0 Å². The third-order valence-corrected chi connectivity index (χ3v) is 2.91. The SMILES string of the molecule is NOCCCCCCCCCCI. The molecule has 0 rings (SSSR count). The van der Waals surface area contributed by atoms with Gasteiger partial charge in [-0.05, 0) is 17.3 Å². The van der Waals surface area contributed by atoms with Crippen molar-refractivity contribution in [1.29, 1.82) is 0 Å². The van der Waals surface area contributed by atoms with E-state index in [9.17, 15) is 0 Å². The summed E-state index contributed by atoms with van der Waals surface area (Å²) in [5.41, 5.74) is 0. The lowest BCUT2D eigenvalue weighted by Crippen LogP contribution is -2.00. The van der Waals surface area contributed by atoms with Crippen molar-refractivity contribution in [1.82, 2.24) is 0 Å². The molecule has 0 unspecified atom stereocenters. The summed E-state index contributed by atoms with van der Waals surface area (Å²) in [6.07, 6.45) is 10.7. The second-order valence-electron chi connectivity index (χ2n) is 3.39. The fraction of sp³-hybridized carbons (Fsp3) is 1.00. The lowest BCUT2D eigenvalue weighted by molar-refractivity contribution is 0.133. The second kappa shape index (κ2) is 12.7. The fourth-order valence-electron chi connectivity index (χ4n) is 1.34. The second-order valence-corrected chi connectivity index (χ2v) is 4.47. The average molecular weight is 299 g/mol. The van der Waals surface area contributed by atoms with E-state index >= 15 is 0 Å². The molecule has 13 heavy (non-hydrogen) atoms. The van der Waals surface area contributed by atoms with Crippen molar-refractivity contribution >= 4 is 22.6 Å². The highest BCUT2D eigenvalue weighted by Crippen LogP contribution is 2.09. The summed E-state index contributed by atoms with van der Waals surface area (Å²) < 4.78 is 1.31. The van der Waals surface area contributed by atoms with Crippen LogP contribution in [0.25, 0.3) is 0 Å². The summed E-state index contributed by atoms with van der Waals surface area (Å²) in [5.74, 6) is 4.92. The lowest BCUT2D eigenvalue weighted by atomic mass is 10.1. The first-order valence-corrected chi connectivity index (χ1v) is 6.82. The summed E-state index contributed by atoms with van der Waals surface area (Å²) in [6.45, 7) is 0.717. The maximum Gasteiger partial charge on any atom is 0.0679 e. The quantitative estimate of drug-likeness (QED) is 0.290. The number of unbranched alkanes of at least 4 members (excludes halogenated alkanes) is 7. The van der Waals surface area contributed by atoms with Crippen LogP contribution in [0.3, 0.4) is 0 Å². The van der Waals surface area contributed by atoms with Gasteiger partial charge in [0, 0.05) is 0 Å². The molecule has 0 aromatic heterocycles. The Hall–Kier alpha value is 0.650. The Morgan fingerprint density at radius 1 is 0.769 bits per heavy atom. The number of hydrogen-bond acceptors (Lipinski definition) is 2. The summed E-state index contributed by atoms with van der Waals surface area (Å²) in [7, 11) is 0. The molecule has 0 heterocycles. The number of hydrogen-bond donors (Lipinski definition) is 1. The summed E-state index contributed by atoms with van der Waals surface area (Å²) in [5, 5.41) is 0. The van der Waals surface area contributed by atoms with Crippen LogP contribution in [0.15, 0.2) is 0 Å². The molecule has 80 valence electrons. The predicted octanol–water partition coefficient (Wildman–Crippen LogP) is 3.43. The molecule has 3 heteroatoms. The summed E-state index contributed by atoms with van der Waals surface area (Å²) in [4.78, 5) is 4.50. The van der Waals surface area contributed by atoms with Gasteiger partial charge >= 0.3 is 0 Å². The van der Waals surface area contributed by atoms with Crippen LogP contribution < -0.4 is 5.90 Å². The van der Waals surface area contributed by atoms with Gasteiger partial charge in [-0.3, -0.25) is 0 Å². The highest BCUT2D eigenvalue weighted by Gasteiger charge is 1.91. The molecule has 0 saturated carbocycles. The zero-order chi connectivity index (χ0) is 9.78. The zero-order valence-corrected chi connectivity index (χ0v) is 10.6. The van der Waals surface area contributed by atoms with Crippen LogP contribution in [0.1, 0.15) is 51.4 Å². The minimum Gasteiger partial charge on any atom is -0.305 e. The lowest BCUT2D eigenvalue weighted by Gasteiger charge is -2.00. The van der Waals surface area contributed by atoms with Crippen LogP contribution >= 0.6 is 22.6 Å². The standard InChI is InChI=1S/C10H22INO/c11-9-7-5-3-1-2-4-6-8-10-13-12/h1-10,12H2. The van der Waals surface area contributed by atoms with Crippen molar-refractivity contribution in [2.45, 2.75) is 51.4 Å². The molecule has 0 aliphatic rings. The third-order valence-electron chi connectivity index (χ3n) is 2.15. The van der Waals surface area contributed by atoms with Crippen molar-refractivity contribution in [2.75, 3.05) is 11.0 Å². The Bertz CT molecular complexity index is 81.0. The van der Waals surface area contributed by atoms with Gasteiger partial charge in [-0.25, -0.2) is 5.90 Å². The number of alkyl halides is 1. The maximum absolute atomic E-state index is 4.92. The van der Waals surface area contributed by atoms with Gasteiger partial charge in [-0.15, -0.1) is 0 Å². The molecule has 0 radical (unpaired) electrons. The van der Waals surface area contributed by atoms with E-state index in [4.69, 9.17) is 5.90 Å². The topological polar surface area (TPSA) is 35.2 Å². The minimum absolute atomic E-state index is 0.717. The van der Waals surface area contributed by atoms with Gasteiger partial charge in [-0.1, -0.05) is 61.1 Å². The van der Waals surface area contributed by atoms with Crippen LogP contribution in [0, 0.1) is 0 Å². The van der Waals surface area contributed by atoms with E-state index in [1.54, 1.807) is 0 Å². The zero-order valence-electron chi connectivity index (χ0n) is 8.43. The van der Waals surface area contributed by atoms with Gasteiger partial charge in [0.2, 0.25) is 0 Å². The highest BCUT2D eigenvalue weighted by molar-refractivity contribution is 14.1. The molecule has 0 aromatic rings. The number of halogens is 1. The van der Waals surface area contributed by atoms with E-state index in [1.807, 2.05) is 0 Å². The molecule has 2 nitrogen and oxygen atoms in total. The van der Waals surface area contributed by atoms with Crippen molar-refractivity contribution in [2.24, 2.45) is 5.90 Å². The van der Waals surface area contributed by atoms with E-state index in [1.165, 1.54) is 49.4 Å². The largest absolute Gasteiger partial charge is 0.305 e. The summed E-state index contributed by atoms with van der Waals surface area (Å²) >= 11 is 2.45. The van der Waals surface area contributed by atoms with Crippen LogP contribution in [-0.2, 0) is 4.84 Å². The van der Waals surface area contributed by atoms with E-state index < -0.39 is 0 Å². The highest BCUT2D eigenvalue weighted by atomic mass is 127. The van der Waals surface area contributed by atoms with Crippen LogP contribution in [0.5, 0.6) is 0 Å². The molecule has 0 amide bonds. The van der Waals surface area contributed by atoms with Gasteiger partial charge < -0.3 is 4.84 Å². The van der Waals surface area contributed by atoms with E-state index in [0.717, 1.165) is 13.0 Å². The van der Waals surface area contributed by atoms with Crippen molar-refractivity contribution < 1.29 is 4.84 Å². The molecule has 0 saturated heterocycles. The molecular formula is C10H22INO. The van der Waals surface area contributed by atoms with Gasteiger partial charge in [0.25, 0.3) is 0 Å². The van der Waals surface area contributed by atoms with Crippen LogP contribution in [-0.4, -0.2) is 11.0 Å². The molecule has 0 aliphatic carbocycles. The van der Waals surface area contributed by atoms with Crippen molar-refractivity contribution in [3.63, 3.8) is 0 Å². The molecule has 0 aliphatic heterocycles. The van der Waals surface area contributed by atoms with Gasteiger partial charge in [-0.2, -0.15) is 0 Å². The molecule has 2 N–H and O–H groups in total. The van der Waals surface area contributed by atoms with E-state index in [0.29, 0.717) is 0 Å². The van der Waals surface area contributed by atoms with Crippen molar-refractivity contribution in [3.8, 4) is 0 Å². The Balaban J connectivity index is 2.76. The average Bonchev–Trinajstić information content (AvgIpc) is 2.16.